The number of sulfone groups is 1. The van der Waals surface area contributed by atoms with E-state index in [-0.39, 0.29) is 29.8 Å². The van der Waals surface area contributed by atoms with Gasteiger partial charge < -0.3 is 10.5 Å². The third kappa shape index (κ3) is 3.17. The van der Waals surface area contributed by atoms with Gasteiger partial charge in [0.1, 0.15) is 5.82 Å². The molecule has 0 aliphatic heterocycles. The van der Waals surface area contributed by atoms with Crippen LogP contribution in [0.1, 0.15) is 24.0 Å². The molecular weight excluding hydrogens is 353 g/mol. The largest absolute Gasteiger partial charge is 0.381 e. The van der Waals surface area contributed by atoms with Crippen molar-refractivity contribution in [3.63, 3.8) is 0 Å². The maximum absolute atomic E-state index is 13.7. The first-order valence-electron chi connectivity index (χ1n) is 8.70. The summed E-state index contributed by atoms with van der Waals surface area (Å²) in [7, 11) is -3.63. The lowest BCUT2D eigenvalue weighted by atomic mass is 10.00. The van der Waals surface area contributed by atoms with E-state index in [1.165, 1.54) is 12.1 Å². The Morgan fingerprint density at radius 3 is 2.46 bits per heavy atom. The average molecular weight is 377 g/mol. The maximum Gasteiger partial charge on any atom is 0.182 e. The lowest BCUT2D eigenvalue weighted by Gasteiger charge is -2.16. The van der Waals surface area contributed by atoms with Crippen LogP contribution in [0.3, 0.4) is 0 Å². The number of hydrogen-bond acceptors (Lipinski definition) is 4. The van der Waals surface area contributed by atoms with Crippen molar-refractivity contribution >= 4 is 9.84 Å². The Morgan fingerprint density at radius 1 is 1.19 bits per heavy atom. The zero-order valence-corrected chi connectivity index (χ0v) is 15.8. The lowest BCUT2D eigenvalue weighted by Crippen LogP contribution is -2.29. The van der Waals surface area contributed by atoms with Crippen LogP contribution in [-0.4, -0.2) is 33.4 Å². The molecule has 0 bridgehead atoms. The summed E-state index contributed by atoms with van der Waals surface area (Å²) in [5.41, 5.74) is 6.92. The molecule has 3 atom stereocenters. The van der Waals surface area contributed by atoms with E-state index in [4.69, 9.17) is 10.5 Å². The molecule has 1 aliphatic carbocycles. The van der Waals surface area contributed by atoms with Gasteiger partial charge in [-0.25, -0.2) is 12.8 Å². The molecule has 0 spiro atoms. The molecule has 0 radical (unpaired) electrons. The summed E-state index contributed by atoms with van der Waals surface area (Å²) in [6.07, 6.45) is 0. The fourth-order valence-corrected chi connectivity index (χ4v) is 6.23. The van der Waals surface area contributed by atoms with Gasteiger partial charge in [-0.1, -0.05) is 29.8 Å². The summed E-state index contributed by atoms with van der Waals surface area (Å²) in [5.74, 6) is -0.774. The number of halogens is 1. The summed E-state index contributed by atoms with van der Waals surface area (Å²) < 4.78 is 45.9. The Balaban J connectivity index is 2.05. The van der Waals surface area contributed by atoms with Gasteiger partial charge in [0.15, 0.2) is 9.84 Å². The van der Waals surface area contributed by atoms with Crippen LogP contribution in [0, 0.1) is 18.2 Å². The molecule has 3 rings (SSSR count). The van der Waals surface area contributed by atoms with Gasteiger partial charge in [-0.3, -0.25) is 0 Å². The number of hydrogen-bond donors (Lipinski definition) is 1. The van der Waals surface area contributed by atoms with Gasteiger partial charge in [-0.15, -0.1) is 0 Å². The molecule has 0 heterocycles. The SMILES string of the molecule is CCOCC1(CN)C(c2cccc(F)c2)C1S(=O)(=O)c1ccc(C)cc1. The van der Waals surface area contributed by atoms with Crippen LogP contribution in [0.15, 0.2) is 53.4 Å². The zero-order valence-electron chi connectivity index (χ0n) is 15.0. The molecule has 4 nitrogen and oxygen atoms in total. The minimum atomic E-state index is -3.63. The van der Waals surface area contributed by atoms with E-state index in [1.54, 1.807) is 36.4 Å². The van der Waals surface area contributed by atoms with Crippen molar-refractivity contribution in [2.45, 2.75) is 29.9 Å². The van der Waals surface area contributed by atoms with E-state index >= 15 is 0 Å². The van der Waals surface area contributed by atoms with Gasteiger partial charge in [0.2, 0.25) is 0 Å². The highest BCUT2D eigenvalue weighted by molar-refractivity contribution is 7.92. The Hall–Kier alpha value is -1.76. The van der Waals surface area contributed by atoms with E-state index in [1.807, 2.05) is 13.8 Å². The predicted molar refractivity (Wildman–Crippen MR) is 99.3 cm³/mol. The van der Waals surface area contributed by atoms with Crippen molar-refractivity contribution in [1.29, 1.82) is 0 Å². The molecule has 140 valence electrons. The van der Waals surface area contributed by atoms with Crippen LogP contribution in [0.25, 0.3) is 0 Å². The monoisotopic (exact) mass is 377 g/mol. The van der Waals surface area contributed by atoms with Crippen LogP contribution in [0.5, 0.6) is 0 Å². The quantitative estimate of drug-likeness (QED) is 0.805. The Morgan fingerprint density at radius 2 is 1.88 bits per heavy atom. The second-order valence-electron chi connectivity index (χ2n) is 6.89. The molecule has 2 aromatic rings. The minimum Gasteiger partial charge on any atom is -0.381 e. The fourth-order valence-electron chi connectivity index (χ4n) is 3.79. The summed E-state index contributed by atoms with van der Waals surface area (Å²) in [5, 5.41) is -0.726. The van der Waals surface area contributed by atoms with Crippen molar-refractivity contribution in [2.24, 2.45) is 11.1 Å². The second-order valence-corrected chi connectivity index (χ2v) is 8.96. The molecule has 26 heavy (non-hydrogen) atoms. The van der Waals surface area contributed by atoms with Gasteiger partial charge in [0.25, 0.3) is 0 Å². The highest BCUT2D eigenvalue weighted by Crippen LogP contribution is 2.63. The van der Waals surface area contributed by atoms with Crippen molar-refractivity contribution < 1.29 is 17.5 Å². The molecule has 0 saturated heterocycles. The number of benzene rings is 2. The normalized spacial score (nSPS) is 25.2. The maximum atomic E-state index is 13.7. The van der Waals surface area contributed by atoms with Crippen LogP contribution in [-0.2, 0) is 14.6 Å². The van der Waals surface area contributed by atoms with E-state index < -0.39 is 20.5 Å². The first-order valence-corrected chi connectivity index (χ1v) is 10.3. The van der Waals surface area contributed by atoms with Crippen molar-refractivity contribution in [2.75, 3.05) is 19.8 Å². The van der Waals surface area contributed by atoms with Gasteiger partial charge >= 0.3 is 0 Å². The van der Waals surface area contributed by atoms with E-state index in [0.717, 1.165) is 5.56 Å². The summed E-state index contributed by atoms with van der Waals surface area (Å²) >= 11 is 0. The molecular formula is C20H24FNO3S. The molecule has 2 N–H and O–H groups in total. The van der Waals surface area contributed by atoms with E-state index in [2.05, 4.69) is 0 Å². The molecule has 0 aromatic heterocycles. The molecule has 1 aliphatic rings. The third-order valence-corrected chi connectivity index (χ3v) is 7.57. The molecule has 1 saturated carbocycles. The van der Waals surface area contributed by atoms with Crippen LogP contribution < -0.4 is 5.73 Å². The van der Waals surface area contributed by atoms with Crippen molar-refractivity contribution in [3.05, 3.63) is 65.5 Å². The highest BCUT2D eigenvalue weighted by atomic mass is 32.2. The summed E-state index contributed by atoms with van der Waals surface area (Å²) in [4.78, 5) is 0.265. The van der Waals surface area contributed by atoms with Gasteiger partial charge in [0.05, 0.1) is 16.8 Å². The first kappa shape index (κ1) is 19.0. The lowest BCUT2D eigenvalue weighted by molar-refractivity contribution is 0.101. The third-order valence-electron chi connectivity index (χ3n) is 5.23. The highest BCUT2D eigenvalue weighted by Gasteiger charge is 2.70. The molecule has 0 amide bonds. The predicted octanol–water partition coefficient (Wildman–Crippen LogP) is 3.06. The minimum absolute atomic E-state index is 0.157. The number of aryl methyl sites for hydroxylation is 1. The second kappa shape index (κ2) is 7.10. The number of rotatable bonds is 7. The van der Waals surface area contributed by atoms with Crippen LogP contribution in [0.2, 0.25) is 0 Å². The molecule has 1 fully saturated rings. The molecule has 2 aromatic carbocycles. The fraction of sp³-hybridized carbons (Fsp3) is 0.400. The van der Waals surface area contributed by atoms with Gasteiger partial charge in [0, 0.05) is 24.5 Å². The first-order chi connectivity index (χ1) is 12.4. The number of nitrogens with two attached hydrogens (primary N) is 1. The van der Waals surface area contributed by atoms with E-state index in [9.17, 15) is 12.8 Å². The topological polar surface area (TPSA) is 69.4 Å². The standard InChI is InChI=1S/C20H24FNO3S/c1-3-25-13-20(12-22)18(15-5-4-6-16(21)11-15)19(20)26(23,24)17-9-7-14(2)8-10-17/h4-11,18-19H,3,12-13,22H2,1-2H3. The molecule has 3 unspecified atom stereocenters. The number of ether oxygens (including phenoxy) is 1. The van der Waals surface area contributed by atoms with Gasteiger partial charge in [-0.2, -0.15) is 0 Å². The Bertz CT molecular complexity index is 882. The Labute approximate surface area is 154 Å². The van der Waals surface area contributed by atoms with E-state index in [0.29, 0.717) is 12.2 Å². The Kier molecular flexibility index (Phi) is 5.19. The van der Waals surface area contributed by atoms with Crippen LogP contribution in [0.4, 0.5) is 4.39 Å². The van der Waals surface area contributed by atoms with Gasteiger partial charge in [-0.05, 0) is 43.7 Å². The van der Waals surface area contributed by atoms with Crippen molar-refractivity contribution in [1.82, 2.24) is 0 Å². The zero-order chi connectivity index (χ0) is 18.9. The summed E-state index contributed by atoms with van der Waals surface area (Å²) in [6.45, 7) is 4.62. The average Bonchev–Trinajstić information content (AvgIpc) is 3.31. The summed E-state index contributed by atoms with van der Waals surface area (Å²) in [6, 6.07) is 12.9. The smallest absolute Gasteiger partial charge is 0.182 e. The van der Waals surface area contributed by atoms with Crippen molar-refractivity contribution in [3.8, 4) is 0 Å². The van der Waals surface area contributed by atoms with Crippen LogP contribution >= 0.6 is 0 Å². The molecule has 6 heteroatoms.